The fraction of sp³-hybridized carbons (Fsp3) is 0.462. The molecule has 6 heteroatoms. The fourth-order valence-corrected chi connectivity index (χ4v) is 1.85. The smallest absolute Gasteiger partial charge is 0.223 e. The fourth-order valence-electron chi connectivity index (χ4n) is 1.56. The van der Waals surface area contributed by atoms with Gasteiger partial charge in [-0.15, -0.1) is 0 Å². The molecule has 1 aromatic rings. The average molecular weight is 287 g/mol. The Hall–Kier alpha value is -1.46. The maximum absolute atomic E-state index is 11.3. The van der Waals surface area contributed by atoms with Gasteiger partial charge in [-0.2, -0.15) is 0 Å². The Morgan fingerprint density at radius 3 is 2.79 bits per heavy atom. The molecule has 1 rings (SSSR count). The van der Waals surface area contributed by atoms with Crippen molar-refractivity contribution >= 4 is 17.5 Å². The molecule has 0 atom stereocenters. The molecular weight excluding hydrogens is 268 g/mol. The van der Waals surface area contributed by atoms with Crippen LogP contribution in [0.15, 0.2) is 12.1 Å². The van der Waals surface area contributed by atoms with E-state index >= 15 is 0 Å². The molecule has 3 N–H and O–H groups in total. The first-order valence-corrected chi connectivity index (χ1v) is 6.46. The van der Waals surface area contributed by atoms with Gasteiger partial charge in [0, 0.05) is 13.1 Å². The van der Waals surface area contributed by atoms with Gasteiger partial charge in [0.15, 0.2) is 11.5 Å². The monoisotopic (exact) mass is 286 g/mol. The van der Waals surface area contributed by atoms with Gasteiger partial charge >= 0.3 is 0 Å². The lowest BCUT2D eigenvalue weighted by atomic mass is 10.2. The molecule has 0 aromatic heterocycles. The van der Waals surface area contributed by atoms with Crippen LogP contribution in [0.4, 0.5) is 0 Å². The zero-order chi connectivity index (χ0) is 14.3. The van der Waals surface area contributed by atoms with Crippen LogP contribution in [-0.2, 0) is 11.3 Å². The molecule has 0 aliphatic heterocycles. The Labute approximate surface area is 118 Å². The minimum atomic E-state index is -0.0591. The summed E-state index contributed by atoms with van der Waals surface area (Å²) in [4.78, 5) is 11.3. The summed E-state index contributed by atoms with van der Waals surface area (Å²) in [5.41, 5.74) is 6.42. The summed E-state index contributed by atoms with van der Waals surface area (Å²) in [5, 5.41) is 3.12. The highest BCUT2D eigenvalue weighted by atomic mass is 35.5. The molecule has 1 aromatic carbocycles. The summed E-state index contributed by atoms with van der Waals surface area (Å²) in [6.07, 6.45) is 0.270. The van der Waals surface area contributed by atoms with Gasteiger partial charge in [-0.1, -0.05) is 11.6 Å². The molecule has 106 valence electrons. The van der Waals surface area contributed by atoms with E-state index in [0.717, 1.165) is 5.56 Å². The van der Waals surface area contributed by atoms with E-state index in [1.54, 1.807) is 12.1 Å². The van der Waals surface area contributed by atoms with Crippen LogP contribution in [0.3, 0.4) is 0 Å². The summed E-state index contributed by atoms with van der Waals surface area (Å²) >= 11 is 6.11. The van der Waals surface area contributed by atoms with E-state index in [4.69, 9.17) is 26.8 Å². The molecule has 1 amide bonds. The zero-order valence-electron chi connectivity index (χ0n) is 11.2. The highest BCUT2D eigenvalue weighted by molar-refractivity contribution is 6.32. The molecule has 0 saturated carbocycles. The number of hydrogen-bond acceptors (Lipinski definition) is 4. The van der Waals surface area contributed by atoms with Gasteiger partial charge in [0.25, 0.3) is 0 Å². The quantitative estimate of drug-likeness (QED) is 0.800. The summed E-state index contributed by atoms with van der Waals surface area (Å²) < 4.78 is 10.7. The van der Waals surface area contributed by atoms with Crippen LogP contribution < -0.4 is 20.5 Å². The molecule has 0 aliphatic rings. The predicted molar refractivity (Wildman–Crippen MR) is 74.7 cm³/mol. The number of hydrogen-bond donors (Lipinski definition) is 2. The Morgan fingerprint density at radius 2 is 2.21 bits per heavy atom. The number of nitrogens with two attached hydrogens (primary N) is 1. The standard InChI is InChI=1S/C13H19ClN2O3/c1-3-16-12(17)4-5-19-13-10(14)6-9(8-15)7-11(13)18-2/h6-7H,3-5,8,15H2,1-2H3,(H,16,17). The number of ether oxygens (including phenoxy) is 2. The van der Waals surface area contributed by atoms with Crippen molar-refractivity contribution in [2.75, 3.05) is 20.3 Å². The van der Waals surface area contributed by atoms with Crippen LogP contribution >= 0.6 is 11.6 Å². The van der Waals surface area contributed by atoms with E-state index in [-0.39, 0.29) is 18.9 Å². The van der Waals surface area contributed by atoms with Crippen molar-refractivity contribution in [3.05, 3.63) is 22.7 Å². The van der Waals surface area contributed by atoms with Crippen LogP contribution in [0.2, 0.25) is 5.02 Å². The number of nitrogens with one attached hydrogen (secondary N) is 1. The van der Waals surface area contributed by atoms with Gasteiger partial charge in [0.2, 0.25) is 5.91 Å². The zero-order valence-corrected chi connectivity index (χ0v) is 11.9. The van der Waals surface area contributed by atoms with Crippen molar-refractivity contribution in [2.24, 2.45) is 5.73 Å². The average Bonchev–Trinajstić information content (AvgIpc) is 2.40. The number of carbonyl (C=O) groups is 1. The van der Waals surface area contributed by atoms with Crippen molar-refractivity contribution in [3.63, 3.8) is 0 Å². The van der Waals surface area contributed by atoms with Crippen molar-refractivity contribution in [1.29, 1.82) is 0 Å². The van der Waals surface area contributed by atoms with Crippen LogP contribution in [0.25, 0.3) is 0 Å². The number of benzene rings is 1. The Morgan fingerprint density at radius 1 is 1.47 bits per heavy atom. The molecule has 0 unspecified atom stereocenters. The van der Waals surface area contributed by atoms with E-state index in [0.29, 0.717) is 29.6 Å². The molecule has 0 fully saturated rings. The Bertz CT molecular complexity index is 438. The molecule has 19 heavy (non-hydrogen) atoms. The topological polar surface area (TPSA) is 73.6 Å². The van der Waals surface area contributed by atoms with Crippen LogP contribution in [0.5, 0.6) is 11.5 Å². The van der Waals surface area contributed by atoms with Crippen molar-refractivity contribution in [3.8, 4) is 11.5 Å². The summed E-state index contributed by atoms with van der Waals surface area (Å²) in [7, 11) is 1.53. The molecule has 0 bridgehead atoms. The largest absolute Gasteiger partial charge is 0.493 e. The first-order valence-electron chi connectivity index (χ1n) is 6.08. The van der Waals surface area contributed by atoms with E-state index in [9.17, 15) is 4.79 Å². The third-order valence-corrected chi connectivity index (χ3v) is 2.76. The number of rotatable bonds is 7. The lowest BCUT2D eigenvalue weighted by Crippen LogP contribution is -2.24. The van der Waals surface area contributed by atoms with Gasteiger partial charge < -0.3 is 20.5 Å². The van der Waals surface area contributed by atoms with E-state index in [1.165, 1.54) is 7.11 Å². The SMILES string of the molecule is CCNC(=O)CCOc1c(Cl)cc(CN)cc1OC. The molecule has 0 spiro atoms. The maximum atomic E-state index is 11.3. The highest BCUT2D eigenvalue weighted by Gasteiger charge is 2.12. The Balaban J connectivity index is 2.69. The maximum Gasteiger partial charge on any atom is 0.223 e. The first-order chi connectivity index (χ1) is 9.12. The lowest BCUT2D eigenvalue weighted by Gasteiger charge is -2.13. The van der Waals surface area contributed by atoms with Crippen molar-refractivity contribution in [2.45, 2.75) is 19.9 Å². The summed E-state index contributed by atoms with van der Waals surface area (Å²) in [6.45, 7) is 3.08. The predicted octanol–water partition coefficient (Wildman–Crippen LogP) is 1.71. The van der Waals surface area contributed by atoms with E-state index in [1.807, 2.05) is 6.92 Å². The number of carbonyl (C=O) groups excluding carboxylic acids is 1. The number of halogens is 1. The van der Waals surface area contributed by atoms with Gasteiger partial charge in [0.1, 0.15) is 0 Å². The molecule has 0 saturated heterocycles. The summed E-state index contributed by atoms with van der Waals surface area (Å²) in [5.74, 6) is 0.894. The van der Waals surface area contributed by atoms with Gasteiger partial charge in [0.05, 0.1) is 25.2 Å². The van der Waals surface area contributed by atoms with Gasteiger partial charge in [-0.3, -0.25) is 4.79 Å². The van der Waals surface area contributed by atoms with Crippen LogP contribution in [-0.4, -0.2) is 26.2 Å². The third kappa shape index (κ3) is 4.61. The lowest BCUT2D eigenvalue weighted by molar-refractivity contribution is -0.121. The molecular formula is C13H19ClN2O3. The summed E-state index contributed by atoms with van der Waals surface area (Å²) in [6, 6.07) is 3.50. The van der Waals surface area contributed by atoms with Crippen LogP contribution in [0.1, 0.15) is 18.9 Å². The molecule has 0 heterocycles. The second-order valence-corrected chi connectivity index (χ2v) is 4.27. The van der Waals surface area contributed by atoms with E-state index in [2.05, 4.69) is 5.32 Å². The highest BCUT2D eigenvalue weighted by Crippen LogP contribution is 2.36. The van der Waals surface area contributed by atoms with Gasteiger partial charge in [-0.25, -0.2) is 0 Å². The van der Waals surface area contributed by atoms with Crippen molar-refractivity contribution < 1.29 is 14.3 Å². The third-order valence-electron chi connectivity index (χ3n) is 2.47. The molecule has 0 aliphatic carbocycles. The Kier molecular flexibility index (Phi) is 6.45. The number of amides is 1. The van der Waals surface area contributed by atoms with Gasteiger partial charge in [-0.05, 0) is 24.6 Å². The minimum Gasteiger partial charge on any atom is -0.493 e. The first kappa shape index (κ1) is 15.6. The van der Waals surface area contributed by atoms with E-state index < -0.39 is 0 Å². The second-order valence-electron chi connectivity index (χ2n) is 3.87. The van der Waals surface area contributed by atoms with Crippen molar-refractivity contribution in [1.82, 2.24) is 5.32 Å². The normalized spacial score (nSPS) is 10.1. The molecule has 0 radical (unpaired) electrons. The number of methoxy groups -OCH3 is 1. The second kappa shape index (κ2) is 7.86. The van der Waals surface area contributed by atoms with Crippen LogP contribution in [0, 0.1) is 0 Å². The minimum absolute atomic E-state index is 0.0591. The molecule has 5 nitrogen and oxygen atoms in total.